The van der Waals surface area contributed by atoms with Gasteiger partial charge in [0.05, 0.1) is 5.54 Å². The van der Waals surface area contributed by atoms with Crippen molar-refractivity contribution < 1.29 is 4.42 Å². The minimum Gasteiger partial charge on any atom is -0.456 e. The summed E-state index contributed by atoms with van der Waals surface area (Å²) in [7, 11) is 0. The van der Waals surface area contributed by atoms with Crippen molar-refractivity contribution >= 4 is 90.5 Å². The number of rotatable bonds is 1. The maximum atomic E-state index is 6.71. The minimum absolute atomic E-state index is 0.000407. The Balaban J connectivity index is 1.07. The van der Waals surface area contributed by atoms with E-state index in [-0.39, 0.29) is 44.7 Å². The van der Waals surface area contributed by atoms with E-state index in [1.807, 2.05) is 0 Å². The number of para-hydroxylation sites is 1. The van der Waals surface area contributed by atoms with Gasteiger partial charge in [-0.15, -0.1) is 0 Å². The van der Waals surface area contributed by atoms with Gasteiger partial charge in [-0.1, -0.05) is 131 Å². The van der Waals surface area contributed by atoms with Crippen LogP contribution in [0.3, 0.4) is 0 Å². The summed E-state index contributed by atoms with van der Waals surface area (Å²) >= 11 is 0. The van der Waals surface area contributed by atoms with Gasteiger partial charge in [0.25, 0.3) is 6.71 Å². The van der Waals surface area contributed by atoms with E-state index in [1.165, 1.54) is 126 Å². The lowest BCUT2D eigenvalue weighted by Gasteiger charge is -2.51. The Morgan fingerprint density at radius 3 is 1.92 bits per heavy atom. The molecule has 0 spiro atoms. The molecule has 7 aliphatic rings. The predicted molar refractivity (Wildman–Crippen MR) is 318 cm³/mol. The Bertz CT molecular complexity index is 3900. The van der Waals surface area contributed by atoms with Gasteiger partial charge in [-0.25, -0.2) is 0 Å². The second kappa shape index (κ2) is 14.2. The SMILES string of the molecule is Cc1cc2c3c(c1)N1c4cc5c(cc4C)C(C)(C)CCC5(C)c4cc5c(cc4C(C)(C)C)C4(C)CCCCC4(C)N5c4ccc(c1c4)B3c1cc3c(cc1N2c1ccc2c(c1)oc1ccccc12)C(C)(C)CC3(C)C. The van der Waals surface area contributed by atoms with Crippen LogP contribution in [0, 0.1) is 13.8 Å². The van der Waals surface area contributed by atoms with Gasteiger partial charge in [0, 0.05) is 73.2 Å². The second-order valence-electron chi connectivity index (χ2n) is 28.5. The van der Waals surface area contributed by atoms with E-state index in [2.05, 4.69) is 221 Å². The Labute approximate surface area is 446 Å². The summed E-state index contributed by atoms with van der Waals surface area (Å²) in [5, 5.41) is 2.32. The molecule has 7 aromatic carbocycles. The maximum Gasteiger partial charge on any atom is 0.252 e. The average molecular weight is 984 g/mol. The van der Waals surface area contributed by atoms with Crippen LogP contribution < -0.4 is 31.1 Å². The normalized spacial score (nSPS) is 24.7. The molecule has 3 unspecified atom stereocenters. The number of anilines is 8. The number of hydrogen-bond donors (Lipinski definition) is 0. The van der Waals surface area contributed by atoms with Gasteiger partial charge in [-0.05, 0) is 202 Å². The van der Waals surface area contributed by atoms with E-state index in [9.17, 15) is 0 Å². The van der Waals surface area contributed by atoms with Gasteiger partial charge >= 0.3 is 0 Å². The fraction of sp³-hybridized carbons (Fsp3) is 0.400. The van der Waals surface area contributed by atoms with Crippen molar-refractivity contribution in [1.29, 1.82) is 0 Å². The fourth-order valence-electron chi connectivity index (χ4n) is 17.4. The quantitative estimate of drug-likeness (QED) is 0.153. The summed E-state index contributed by atoms with van der Waals surface area (Å²) in [6, 6.07) is 44.4. The number of hydrogen-bond acceptors (Lipinski definition) is 4. The van der Waals surface area contributed by atoms with Crippen LogP contribution in [0.4, 0.5) is 45.5 Å². The first-order valence-electron chi connectivity index (χ1n) is 28.6. The molecule has 4 nitrogen and oxygen atoms in total. The first-order valence-corrected chi connectivity index (χ1v) is 28.6. The fourth-order valence-corrected chi connectivity index (χ4v) is 17.4. The molecule has 1 aromatic heterocycles. The largest absolute Gasteiger partial charge is 0.456 e. The van der Waals surface area contributed by atoms with Crippen LogP contribution in [0.5, 0.6) is 0 Å². The maximum absolute atomic E-state index is 6.71. The lowest BCUT2D eigenvalue weighted by atomic mass is 9.33. The van der Waals surface area contributed by atoms with Crippen LogP contribution in [-0.2, 0) is 32.5 Å². The van der Waals surface area contributed by atoms with Crippen LogP contribution in [0.15, 0.2) is 114 Å². The molecule has 4 aliphatic heterocycles. The van der Waals surface area contributed by atoms with Crippen molar-refractivity contribution in [2.24, 2.45) is 0 Å². The van der Waals surface area contributed by atoms with Crippen molar-refractivity contribution in [1.82, 2.24) is 0 Å². The predicted octanol–water partition coefficient (Wildman–Crippen LogP) is 17.0. The first kappa shape index (κ1) is 46.1. The molecule has 0 saturated heterocycles. The highest BCUT2D eigenvalue weighted by molar-refractivity contribution is 7.00. The molecule has 75 heavy (non-hydrogen) atoms. The zero-order valence-electron chi connectivity index (χ0n) is 47.2. The van der Waals surface area contributed by atoms with Crippen LogP contribution in [0.2, 0.25) is 0 Å². The number of furan rings is 1. The van der Waals surface area contributed by atoms with Crippen molar-refractivity contribution in [3.8, 4) is 0 Å². The summed E-state index contributed by atoms with van der Waals surface area (Å²) < 4.78 is 6.71. The Hall–Kier alpha value is -6.20. The van der Waals surface area contributed by atoms with E-state index in [0.29, 0.717) is 0 Å². The molecule has 0 radical (unpaired) electrons. The zero-order chi connectivity index (χ0) is 52.1. The van der Waals surface area contributed by atoms with E-state index >= 15 is 0 Å². The molecule has 5 heterocycles. The smallest absolute Gasteiger partial charge is 0.252 e. The molecule has 0 amide bonds. The molecule has 3 aliphatic carbocycles. The van der Waals surface area contributed by atoms with Gasteiger partial charge in [-0.2, -0.15) is 0 Å². The summed E-state index contributed by atoms with van der Waals surface area (Å²) in [6.45, 7) is 35.0. The highest BCUT2D eigenvalue weighted by Crippen LogP contribution is 2.64. The lowest BCUT2D eigenvalue weighted by Crippen LogP contribution is -2.61. The zero-order valence-corrected chi connectivity index (χ0v) is 47.2. The van der Waals surface area contributed by atoms with Gasteiger partial charge in [0.15, 0.2) is 0 Å². The van der Waals surface area contributed by atoms with E-state index in [1.54, 1.807) is 5.56 Å². The Kier molecular flexibility index (Phi) is 8.76. The van der Waals surface area contributed by atoms with Gasteiger partial charge in [0.1, 0.15) is 11.2 Å². The molecular formula is C70H74BN3O. The highest BCUT2D eigenvalue weighted by Gasteiger charge is 2.59. The summed E-state index contributed by atoms with van der Waals surface area (Å²) in [5.74, 6) is 0. The average Bonchev–Trinajstić information content (AvgIpc) is 3.95. The standard InChI is InChI=1S/C70H74BN3O/c1-40-29-59-63-60(30-40)73-55-37-51-47(31-41(55)2)65(6,7)27-28-68(51,12)50-38-56-52(34-46(50)64(3,4)5)69(13)25-17-18-26-70(69,14)74(56)43-22-24-53(57(73)32-43)71(63)54-35-48-49(67(10,11)39-66(48,8)9)36-58(54)72(59)42-21-23-45-44-19-15-16-20-61(44)75-62(45)33-42/h15-16,19-24,29-38H,17-18,25-28,39H2,1-14H3. The topological polar surface area (TPSA) is 22.9 Å². The first-order chi connectivity index (χ1) is 35.4. The number of fused-ring (bicyclic) bond motifs is 17. The van der Waals surface area contributed by atoms with E-state index in [4.69, 9.17) is 4.42 Å². The molecule has 1 saturated carbocycles. The molecule has 8 aromatic rings. The van der Waals surface area contributed by atoms with Crippen LogP contribution in [-0.4, -0.2) is 12.3 Å². The van der Waals surface area contributed by atoms with E-state index < -0.39 is 0 Å². The third-order valence-electron chi connectivity index (χ3n) is 21.4. The molecule has 15 rings (SSSR count). The summed E-state index contributed by atoms with van der Waals surface area (Å²) in [6.07, 6.45) is 8.24. The third-order valence-corrected chi connectivity index (χ3v) is 21.4. The number of nitrogens with zero attached hydrogens (tertiary/aromatic N) is 3. The molecule has 0 N–H and O–H groups in total. The minimum atomic E-state index is -0.210. The summed E-state index contributed by atoms with van der Waals surface area (Å²) in [4.78, 5) is 8.26. The summed E-state index contributed by atoms with van der Waals surface area (Å²) in [5.41, 5.74) is 29.3. The van der Waals surface area contributed by atoms with Gasteiger partial charge in [-0.3, -0.25) is 0 Å². The molecule has 5 heteroatoms. The lowest BCUT2D eigenvalue weighted by molar-refractivity contribution is 0.195. The van der Waals surface area contributed by atoms with Crippen LogP contribution >= 0.6 is 0 Å². The van der Waals surface area contributed by atoms with Crippen molar-refractivity contribution in [3.05, 3.63) is 159 Å². The molecule has 6 bridgehead atoms. The highest BCUT2D eigenvalue weighted by atomic mass is 16.3. The Morgan fingerprint density at radius 1 is 0.493 bits per heavy atom. The monoisotopic (exact) mass is 984 g/mol. The van der Waals surface area contributed by atoms with Crippen molar-refractivity contribution in [2.45, 2.75) is 180 Å². The van der Waals surface area contributed by atoms with Gasteiger partial charge < -0.3 is 19.1 Å². The molecular weight excluding hydrogens is 910 g/mol. The van der Waals surface area contributed by atoms with E-state index in [0.717, 1.165) is 46.9 Å². The van der Waals surface area contributed by atoms with Crippen LogP contribution in [0.1, 0.15) is 178 Å². The van der Waals surface area contributed by atoms with Crippen LogP contribution in [0.25, 0.3) is 21.9 Å². The Morgan fingerprint density at radius 2 is 1.15 bits per heavy atom. The number of aryl methyl sites for hydroxylation is 2. The molecule has 378 valence electrons. The number of benzene rings is 7. The van der Waals surface area contributed by atoms with Crippen molar-refractivity contribution in [2.75, 3.05) is 14.7 Å². The molecule has 3 atom stereocenters. The molecule has 1 fully saturated rings. The third kappa shape index (κ3) is 5.76. The second-order valence-corrected chi connectivity index (χ2v) is 28.5. The van der Waals surface area contributed by atoms with Gasteiger partial charge in [0.2, 0.25) is 0 Å². The van der Waals surface area contributed by atoms with Crippen molar-refractivity contribution in [3.63, 3.8) is 0 Å².